The number of anilines is 1. The third kappa shape index (κ3) is 5.80. The monoisotopic (exact) mass is 423 g/mol. The second-order valence-electron chi connectivity index (χ2n) is 5.72. The summed E-state index contributed by atoms with van der Waals surface area (Å²) in [5.41, 5.74) is 0.740. The molecule has 0 spiro atoms. The number of aromatic nitrogens is 4. The number of alkyl halides is 3. The van der Waals surface area contributed by atoms with E-state index >= 15 is 0 Å². The van der Waals surface area contributed by atoms with Crippen LogP contribution in [0.25, 0.3) is 0 Å². The van der Waals surface area contributed by atoms with Crippen LogP contribution >= 0.6 is 11.8 Å². The number of benzene rings is 2. The van der Waals surface area contributed by atoms with Gasteiger partial charge in [-0.1, -0.05) is 25.5 Å². The van der Waals surface area contributed by atoms with Gasteiger partial charge in [0.1, 0.15) is 0 Å². The highest BCUT2D eigenvalue weighted by Gasteiger charge is 2.30. The summed E-state index contributed by atoms with van der Waals surface area (Å²) >= 11 is 1.22. The maximum absolute atomic E-state index is 12.7. The summed E-state index contributed by atoms with van der Waals surface area (Å²) in [7, 11) is 1.68. The van der Waals surface area contributed by atoms with Gasteiger partial charge in [0, 0.05) is 17.6 Å². The molecule has 29 heavy (non-hydrogen) atoms. The van der Waals surface area contributed by atoms with Crippen molar-refractivity contribution in [1.82, 2.24) is 20.2 Å². The molecule has 0 atom stereocenters. The molecule has 0 fully saturated rings. The Kier molecular flexibility index (Phi) is 7.38. The van der Waals surface area contributed by atoms with Crippen molar-refractivity contribution < 1.29 is 18.0 Å². The quantitative estimate of drug-likeness (QED) is 0.642. The smallest absolute Gasteiger partial charge is 0.322 e. The zero-order valence-corrected chi connectivity index (χ0v) is 17.1. The van der Waals surface area contributed by atoms with Crippen LogP contribution < -0.4 is 5.32 Å². The number of nitrogens with zero attached hydrogens (tertiary/aromatic N) is 4. The molecule has 0 bridgehead atoms. The molecule has 0 saturated heterocycles. The zero-order chi connectivity index (χ0) is 21.6. The minimum Gasteiger partial charge on any atom is -0.322 e. The van der Waals surface area contributed by atoms with Crippen molar-refractivity contribution in [3.63, 3.8) is 0 Å². The Labute approximate surface area is 170 Å². The van der Waals surface area contributed by atoms with Crippen molar-refractivity contribution in [3.05, 3.63) is 59.2 Å². The Morgan fingerprint density at radius 1 is 1.10 bits per heavy atom. The fraction of sp³-hybridized carbons (Fsp3) is 0.263. The van der Waals surface area contributed by atoms with E-state index in [2.05, 4.69) is 20.8 Å². The predicted molar refractivity (Wildman–Crippen MR) is 105 cm³/mol. The van der Waals surface area contributed by atoms with Crippen molar-refractivity contribution in [2.75, 3.05) is 5.32 Å². The van der Waals surface area contributed by atoms with Gasteiger partial charge in [0.05, 0.1) is 11.1 Å². The summed E-state index contributed by atoms with van der Waals surface area (Å²) in [6, 6.07) is 9.61. The number of hydrogen-bond donors (Lipinski definition) is 1. The van der Waals surface area contributed by atoms with E-state index < -0.39 is 17.6 Å². The Bertz CT molecular complexity index is 971. The van der Waals surface area contributed by atoms with Gasteiger partial charge < -0.3 is 5.32 Å². The van der Waals surface area contributed by atoms with Crippen molar-refractivity contribution in [2.24, 2.45) is 7.05 Å². The maximum atomic E-state index is 12.7. The molecule has 0 aliphatic heterocycles. The molecule has 154 valence electrons. The molecule has 3 aromatic rings. The Morgan fingerprint density at radius 2 is 1.76 bits per heavy atom. The number of amides is 1. The summed E-state index contributed by atoms with van der Waals surface area (Å²) in [5.74, 6) is -0.434. The molecule has 1 heterocycles. The third-order valence-corrected chi connectivity index (χ3v) is 4.74. The highest BCUT2D eigenvalue weighted by Crippen LogP contribution is 2.31. The van der Waals surface area contributed by atoms with Crippen LogP contribution in [0.5, 0.6) is 0 Å². The van der Waals surface area contributed by atoms with Crippen LogP contribution in [0.3, 0.4) is 0 Å². The molecule has 0 radical (unpaired) electrons. The summed E-state index contributed by atoms with van der Waals surface area (Å²) in [6.07, 6.45) is -4.42. The van der Waals surface area contributed by atoms with E-state index in [1.54, 1.807) is 19.2 Å². The van der Waals surface area contributed by atoms with E-state index in [9.17, 15) is 18.0 Å². The van der Waals surface area contributed by atoms with Crippen LogP contribution in [0, 0.1) is 6.92 Å². The van der Waals surface area contributed by atoms with Crippen LogP contribution in [0.1, 0.15) is 35.3 Å². The molecule has 0 unspecified atom stereocenters. The van der Waals surface area contributed by atoms with Gasteiger partial charge in [-0.3, -0.25) is 4.79 Å². The van der Waals surface area contributed by atoms with Gasteiger partial charge in [0.25, 0.3) is 5.91 Å². The van der Waals surface area contributed by atoms with Crippen LogP contribution in [-0.2, 0) is 13.2 Å². The molecule has 0 saturated carbocycles. The van der Waals surface area contributed by atoms with E-state index in [-0.39, 0.29) is 5.69 Å². The number of tetrazole rings is 1. The lowest BCUT2D eigenvalue weighted by Gasteiger charge is -2.11. The molecule has 1 amide bonds. The predicted octanol–water partition coefficient (Wildman–Crippen LogP) is 4.97. The van der Waals surface area contributed by atoms with Crippen LogP contribution in [0.15, 0.2) is 52.5 Å². The van der Waals surface area contributed by atoms with Crippen LogP contribution in [0.4, 0.5) is 18.9 Å². The van der Waals surface area contributed by atoms with Crippen LogP contribution in [0.2, 0.25) is 0 Å². The number of carbonyl (C=O) groups is 1. The van der Waals surface area contributed by atoms with Crippen molar-refractivity contribution >= 4 is 23.4 Å². The lowest BCUT2D eigenvalue weighted by molar-refractivity contribution is -0.137. The molecule has 0 aliphatic rings. The number of halogens is 3. The average Bonchev–Trinajstić information content (AvgIpc) is 3.09. The summed E-state index contributed by atoms with van der Waals surface area (Å²) in [6.45, 7) is 5.84. The van der Waals surface area contributed by atoms with Crippen molar-refractivity contribution in [2.45, 2.75) is 37.0 Å². The first-order valence-corrected chi connectivity index (χ1v) is 9.55. The van der Waals surface area contributed by atoms with E-state index in [4.69, 9.17) is 0 Å². The standard InChI is InChI=1S/C17H14F3N5OS.C2H6/c1-10-3-8-14(27-16-22-23-24-25(16)2)13(9-10)15(26)21-12-6-4-11(5-7-12)17(18,19)20;1-2/h3-9H,1-2H3,(H,21,26);1-2H3. The van der Waals surface area contributed by atoms with Gasteiger partial charge in [0.15, 0.2) is 0 Å². The first-order chi connectivity index (χ1) is 13.7. The fourth-order valence-corrected chi connectivity index (χ4v) is 3.10. The molecule has 0 aliphatic carbocycles. The van der Waals surface area contributed by atoms with Gasteiger partial charge >= 0.3 is 6.18 Å². The molecule has 1 aromatic heterocycles. The number of nitrogens with one attached hydrogen (secondary N) is 1. The highest BCUT2D eigenvalue weighted by molar-refractivity contribution is 7.99. The maximum Gasteiger partial charge on any atom is 0.416 e. The van der Waals surface area contributed by atoms with E-state index in [0.717, 1.165) is 17.7 Å². The van der Waals surface area contributed by atoms with E-state index in [1.807, 2.05) is 26.8 Å². The topological polar surface area (TPSA) is 72.7 Å². The molecule has 3 rings (SSSR count). The van der Waals surface area contributed by atoms with Gasteiger partial charge in [-0.05, 0) is 65.5 Å². The van der Waals surface area contributed by atoms with Crippen molar-refractivity contribution in [3.8, 4) is 0 Å². The van der Waals surface area contributed by atoms with E-state index in [0.29, 0.717) is 15.6 Å². The molecule has 1 N–H and O–H groups in total. The van der Waals surface area contributed by atoms with Gasteiger partial charge in [-0.2, -0.15) is 13.2 Å². The molecule has 2 aromatic carbocycles. The normalized spacial score (nSPS) is 10.9. The molecule has 10 heteroatoms. The third-order valence-electron chi connectivity index (χ3n) is 3.63. The second-order valence-corrected chi connectivity index (χ2v) is 6.73. The Hall–Kier alpha value is -2.88. The van der Waals surface area contributed by atoms with Gasteiger partial charge in [-0.15, -0.1) is 5.10 Å². The SMILES string of the molecule is CC.Cc1ccc(Sc2nnnn2C)c(C(=O)Nc2ccc(C(F)(F)F)cc2)c1. The first kappa shape index (κ1) is 22.4. The number of carbonyl (C=O) groups excluding carboxylic acids is 1. The minimum atomic E-state index is -4.42. The first-order valence-electron chi connectivity index (χ1n) is 8.73. The summed E-state index contributed by atoms with van der Waals surface area (Å²) in [4.78, 5) is 13.3. The molecular formula is C19H20F3N5OS. The zero-order valence-electron chi connectivity index (χ0n) is 16.3. The second kappa shape index (κ2) is 9.55. The lowest BCUT2D eigenvalue weighted by Crippen LogP contribution is -2.14. The lowest BCUT2D eigenvalue weighted by atomic mass is 10.1. The number of aryl methyl sites for hydroxylation is 2. The minimum absolute atomic E-state index is 0.269. The van der Waals surface area contributed by atoms with Crippen LogP contribution in [-0.4, -0.2) is 26.1 Å². The van der Waals surface area contributed by atoms with Crippen molar-refractivity contribution in [1.29, 1.82) is 0 Å². The number of rotatable bonds is 4. The van der Waals surface area contributed by atoms with Gasteiger partial charge in [-0.25, -0.2) is 4.68 Å². The highest BCUT2D eigenvalue weighted by atomic mass is 32.2. The molecule has 6 nitrogen and oxygen atoms in total. The summed E-state index contributed by atoms with van der Waals surface area (Å²) in [5, 5.41) is 14.3. The Balaban J connectivity index is 0.00000145. The van der Waals surface area contributed by atoms with E-state index in [1.165, 1.54) is 28.6 Å². The molecular weight excluding hydrogens is 403 g/mol. The summed E-state index contributed by atoms with van der Waals surface area (Å²) < 4.78 is 39.4. The largest absolute Gasteiger partial charge is 0.416 e. The number of hydrogen-bond acceptors (Lipinski definition) is 5. The Morgan fingerprint density at radius 3 is 2.31 bits per heavy atom. The average molecular weight is 423 g/mol. The van der Waals surface area contributed by atoms with Gasteiger partial charge in [0.2, 0.25) is 5.16 Å². The fourth-order valence-electron chi connectivity index (χ4n) is 2.26.